The zero-order chi connectivity index (χ0) is 33.7. The molecular formula is C31H23F5N6O3S. The number of aromatic nitrogens is 1. The second kappa shape index (κ2) is 13.3. The molecule has 0 saturated carbocycles. The first kappa shape index (κ1) is 33.5. The number of nitrogens with zero attached hydrogens (tertiary/aromatic N) is 4. The summed E-state index contributed by atoms with van der Waals surface area (Å²) >= 11 is 0. The Morgan fingerprint density at radius 3 is 2.22 bits per heavy atom. The van der Waals surface area contributed by atoms with Crippen molar-refractivity contribution in [3.05, 3.63) is 130 Å². The van der Waals surface area contributed by atoms with Crippen LogP contribution in [0, 0.1) is 40.6 Å². The molecule has 46 heavy (non-hydrogen) atoms. The van der Waals surface area contributed by atoms with Crippen LogP contribution in [0.5, 0.6) is 0 Å². The molecule has 0 spiro atoms. The van der Waals surface area contributed by atoms with Crippen LogP contribution < -0.4 is 11.7 Å². The van der Waals surface area contributed by atoms with Gasteiger partial charge in [-0.15, -0.1) is 0 Å². The predicted molar refractivity (Wildman–Crippen MR) is 156 cm³/mol. The van der Waals surface area contributed by atoms with Crippen LogP contribution >= 0.6 is 0 Å². The summed E-state index contributed by atoms with van der Waals surface area (Å²) < 4.78 is 99.3. The lowest BCUT2D eigenvalue weighted by Crippen LogP contribution is -2.53. The second-order valence-corrected chi connectivity index (χ2v) is 11.9. The van der Waals surface area contributed by atoms with Crippen molar-refractivity contribution in [3.8, 4) is 17.9 Å². The fraction of sp³-hybridized carbons (Fsp3) is 0.129. The highest BCUT2D eigenvalue weighted by Gasteiger charge is 2.58. The molecular weight excluding hydrogens is 631 g/mol. The average molecular weight is 655 g/mol. The minimum atomic E-state index is -4.29. The Bertz CT molecular complexity index is 1990. The van der Waals surface area contributed by atoms with E-state index >= 15 is 8.78 Å². The van der Waals surface area contributed by atoms with Gasteiger partial charge in [-0.25, -0.2) is 27.4 Å². The van der Waals surface area contributed by atoms with E-state index in [0.29, 0.717) is 35.1 Å². The Kier molecular flexibility index (Phi) is 9.72. The molecule has 0 amide bonds. The highest BCUT2D eigenvalue weighted by atomic mass is 32.2. The van der Waals surface area contributed by atoms with Crippen LogP contribution in [0.3, 0.4) is 0 Å². The summed E-state index contributed by atoms with van der Waals surface area (Å²) in [5.74, 6) is 7.87. The minimum Gasteiger partial charge on any atom is -0.377 e. The third kappa shape index (κ3) is 7.13. The molecule has 1 atom stereocenters. The zero-order valence-corrected chi connectivity index (χ0v) is 24.3. The Hall–Kier alpha value is -5.35. The molecule has 5 N–H and O–H groups in total. The number of nitrogens with two attached hydrogens (primary N) is 2. The Balaban J connectivity index is 1.55. The molecule has 0 saturated heterocycles. The number of sulfone groups is 1. The summed E-state index contributed by atoms with van der Waals surface area (Å²) in [6.45, 7) is -1.12. The molecule has 1 unspecified atom stereocenters. The van der Waals surface area contributed by atoms with Gasteiger partial charge in [-0.1, -0.05) is 17.9 Å². The van der Waals surface area contributed by atoms with Gasteiger partial charge in [-0.05, 0) is 66.2 Å². The number of hydrogen-bond donors (Lipinski definition) is 3. The van der Waals surface area contributed by atoms with E-state index < -0.39 is 62.4 Å². The van der Waals surface area contributed by atoms with E-state index in [4.69, 9.17) is 16.9 Å². The van der Waals surface area contributed by atoms with Crippen LogP contribution in [0.15, 0.2) is 89.0 Å². The van der Waals surface area contributed by atoms with Gasteiger partial charge in [0, 0.05) is 29.0 Å². The number of alkyl halides is 2. The number of hydrazone groups is 1. The van der Waals surface area contributed by atoms with Crippen molar-refractivity contribution in [3.63, 3.8) is 0 Å². The number of benzene rings is 3. The number of hydrogen-bond acceptors (Lipinski definition) is 8. The van der Waals surface area contributed by atoms with Gasteiger partial charge in [0.15, 0.2) is 15.4 Å². The van der Waals surface area contributed by atoms with Gasteiger partial charge in [-0.3, -0.25) is 9.99 Å². The van der Waals surface area contributed by atoms with Gasteiger partial charge < -0.3 is 10.9 Å². The van der Waals surface area contributed by atoms with E-state index in [2.05, 4.69) is 21.9 Å². The summed E-state index contributed by atoms with van der Waals surface area (Å²) in [4.78, 5) is 3.65. The second-order valence-electron chi connectivity index (χ2n) is 9.89. The molecule has 0 fully saturated rings. The van der Waals surface area contributed by atoms with Crippen LogP contribution in [0.25, 0.3) is 0 Å². The number of hydrazine groups is 1. The summed E-state index contributed by atoms with van der Waals surface area (Å²) in [6.07, 6.45) is 1.70. The summed E-state index contributed by atoms with van der Waals surface area (Å²) in [7, 11) is -3.87. The normalized spacial score (nSPS) is 13.0. The highest BCUT2D eigenvalue weighted by Crippen LogP contribution is 2.46. The summed E-state index contributed by atoms with van der Waals surface area (Å²) in [6, 6.07) is 14.3. The third-order valence-corrected chi connectivity index (χ3v) is 8.39. The minimum absolute atomic E-state index is 0.0603. The number of halogens is 5. The Morgan fingerprint density at radius 1 is 0.957 bits per heavy atom. The molecule has 0 radical (unpaired) electrons. The van der Waals surface area contributed by atoms with Crippen molar-refractivity contribution in [1.29, 1.82) is 5.26 Å². The first-order valence-electron chi connectivity index (χ1n) is 13.0. The molecule has 1 heterocycles. The van der Waals surface area contributed by atoms with Crippen molar-refractivity contribution in [1.82, 2.24) is 9.99 Å². The number of nitriles is 1. The first-order chi connectivity index (χ1) is 21.7. The van der Waals surface area contributed by atoms with Gasteiger partial charge >= 0.3 is 5.92 Å². The average Bonchev–Trinajstić information content (AvgIpc) is 3.00. The van der Waals surface area contributed by atoms with Crippen molar-refractivity contribution < 1.29 is 35.5 Å². The summed E-state index contributed by atoms with van der Waals surface area (Å²) in [5, 5.41) is 23.6. The lowest BCUT2D eigenvalue weighted by Gasteiger charge is -2.37. The smallest absolute Gasteiger partial charge is 0.323 e. The maximum Gasteiger partial charge on any atom is 0.323 e. The predicted octanol–water partition coefficient (Wildman–Crippen LogP) is 3.80. The third-order valence-electron chi connectivity index (χ3n) is 6.68. The van der Waals surface area contributed by atoms with E-state index in [0.717, 1.165) is 18.3 Å². The van der Waals surface area contributed by atoms with E-state index in [1.165, 1.54) is 42.5 Å². The number of rotatable bonds is 9. The molecule has 0 aliphatic carbocycles. The van der Waals surface area contributed by atoms with Crippen LogP contribution in [0.2, 0.25) is 0 Å². The molecule has 0 aliphatic heterocycles. The molecule has 236 valence electrons. The zero-order valence-electron chi connectivity index (χ0n) is 23.5. The number of pyridine rings is 1. The largest absolute Gasteiger partial charge is 0.377 e. The van der Waals surface area contributed by atoms with Crippen molar-refractivity contribution in [2.75, 3.05) is 6.54 Å². The van der Waals surface area contributed by atoms with Crippen LogP contribution in [-0.4, -0.2) is 36.4 Å². The molecule has 1 aromatic heterocycles. The SMILES string of the molecule is N#Cc1ccc(CS(=O)(=O)c2ccc(C#Cc3ccc(C(F)(F)C(O)(CN(N)/C=N\N)c4ccc(F)cc4F)nc3)cc2)cc1F. The van der Waals surface area contributed by atoms with Gasteiger partial charge in [0.25, 0.3) is 0 Å². The molecule has 3 aromatic carbocycles. The van der Waals surface area contributed by atoms with Gasteiger partial charge in [0.2, 0.25) is 0 Å². The van der Waals surface area contributed by atoms with E-state index in [-0.39, 0.29) is 21.6 Å². The Labute approximate surface area is 260 Å². The molecule has 0 aliphatic rings. The molecule has 4 rings (SSSR count). The Morgan fingerprint density at radius 2 is 1.63 bits per heavy atom. The first-order valence-corrected chi connectivity index (χ1v) is 14.7. The lowest BCUT2D eigenvalue weighted by molar-refractivity contribution is -0.203. The molecule has 15 heteroatoms. The molecule has 9 nitrogen and oxygen atoms in total. The fourth-order valence-corrected chi connectivity index (χ4v) is 5.70. The van der Waals surface area contributed by atoms with Crippen LogP contribution in [0.4, 0.5) is 22.0 Å². The van der Waals surface area contributed by atoms with E-state index in [1.807, 2.05) is 0 Å². The monoisotopic (exact) mass is 654 g/mol. The molecule has 0 bridgehead atoms. The highest BCUT2D eigenvalue weighted by molar-refractivity contribution is 7.90. The van der Waals surface area contributed by atoms with Crippen LogP contribution in [0.1, 0.15) is 33.5 Å². The van der Waals surface area contributed by atoms with Crippen molar-refractivity contribution >= 4 is 16.2 Å². The van der Waals surface area contributed by atoms with Crippen molar-refractivity contribution in [2.24, 2.45) is 16.8 Å². The van der Waals surface area contributed by atoms with E-state index in [9.17, 15) is 26.7 Å². The van der Waals surface area contributed by atoms with E-state index in [1.54, 1.807) is 6.07 Å². The fourth-order valence-electron chi connectivity index (χ4n) is 4.37. The van der Waals surface area contributed by atoms with Gasteiger partial charge in [-0.2, -0.15) is 19.1 Å². The van der Waals surface area contributed by atoms with Crippen molar-refractivity contribution in [2.45, 2.75) is 22.2 Å². The van der Waals surface area contributed by atoms with Crippen LogP contribution in [-0.2, 0) is 27.1 Å². The quantitative estimate of drug-likeness (QED) is 0.0614. The topological polar surface area (TPSA) is 159 Å². The maximum atomic E-state index is 15.8. The maximum absolute atomic E-state index is 15.8. The number of aliphatic hydroxyl groups is 1. The van der Waals surface area contributed by atoms with Gasteiger partial charge in [0.05, 0.1) is 22.8 Å². The standard InChI is InChI=1S/C31H23F5N6O3S/c32-24-8-11-26(28(34)14-24)30(43,18-42(39)19-41-38)31(35,36)29-12-6-21(16-40-29)2-1-20-4-9-25(10-5-20)46(44,45)17-22-3-7-23(15-37)27(33)13-22/h3-14,16,19,43H,17-18,38-39H2/b41-19-. The van der Waals surface area contributed by atoms with Gasteiger partial charge in [0.1, 0.15) is 35.6 Å². The molecule has 4 aromatic rings. The summed E-state index contributed by atoms with van der Waals surface area (Å²) in [5.41, 5.74) is -4.83. The lowest BCUT2D eigenvalue weighted by atomic mass is 9.84.